The summed E-state index contributed by atoms with van der Waals surface area (Å²) in [6.45, 7) is 0. The molecule has 0 aromatic rings. The molecule has 11 heavy (non-hydrogen) atoms. The topological polar surface area (TPSA) is 129 Å². The molecule has 0 saturated heterocycles. The van der Waals surface area contributed by atoms with E-state index in [9.17, 15) is 0 Å². The molecule has 62 valence electrons. The van der Waals surface area contributed by atoms with Gasteiger partial charge in [-0.25, -0.2) is 0 Å². The monoisotopic (exact) mass is 266 g/mol. The third-order valence-corrected chi connectivity index (χ3v) is 0. The summed E-state index contributed by atoms with van der Waals surface area (Å²) in [5.74, 6) is 0. The quantitative estimate of drug-likeness (QED) is 0.325. The van der Waals surface area contributed by atoms with E-state index in [4.69, 9.17) is 29.0 Å². The summed E-state index contributed by atoms with van der Waals surface area (Å²) in [5.41, 5.74) is 0. The molecule has 0 spiro atoms. The van der Waals surface area contributed by atoms with Crippen LogP contribution in [0.3, 0.4) is 0 Å². The van der Waals surface area contributed by atoms with Gasteiger partial charge in [0.15, 0.2) is 0 Å². The molecular weight excluding hydrogens is 261 g/mol. The van der Waals surface area contributed by atoms with Crippen LogP contribution in [0.25, 0.3) is 0 Å². The van der Waals surface area contributed by atoms with Crippen LogP contribution in [0.15, 0.2) is 0 Å². The molecule has 0 aliphatic heterocycles. The van der Waals surface area contributed by atoms with E-state index in [1.54, 1.807) is 0 Å². The van der Waals surface area contributed by atoms with Crippen molar-refractivity contribution < 1.29 is 42.0 Å². The fourth-order valence-electron chi connectivity index (χ4n) is 0. The van der Waals surface area contributed by atoms with Gasteiger partial charge in [0.2, 0.25) is 0 Å². The van der Waals surface area contributed by atoms with Crippen molar-refractivity contribution in [3.8, 4) is 0 Å². The Kier molecular flexibility index (Phi) is 26.8. The molecule has 0 bridgehead atoms. The molecule has 0 radical (unpaired) electrons. The van der Waals surface area contributed by atoms with E-state index < -0.39 is 24.3 Å². The zero-order chi connectivity index (χ0) is 8.08. The number of hydrogen-bond acceptors (Lipinski definition) is 4. The van der Waals surface area contributed by atoms with Gasteiger partial charge in [0.1, 0.15) is 0 Å². The van der Waals surface area contributed by atoms with Crippen LogP contribution in [0.2, 0.25) is 0 Å². The Morgan fingerprint density at radius 1 is 1.09 bits per heavy atom. The first-order valence-electron chi connectivity index (χ1n) is 1.16. The molecule has 3 N–H and O–H groups in total. The van der Waals surface area contributed by atoms with Gasteiger partial charge in [-0.1, -0.05) is 0 Å². The van der Waals surface area contributed by atoms with Gasteiger partial charge in [0.25, 0.3) is 11.4 Å². The summed E-state index contributed by atoms with van der Waals surface area (Å²) < 4.78 is 55.9. The molecule has 0 atom stereocenters. The zero-order valence-electron chi connectivity index (χ0n) is 3.76. The van der Waals surface area contributed by atoms with E-state index >= 15 is 0 Å². The summed E-state index contributed by atoms with van der Waals surface area (Å²) in [6.07, 6.45) is 0. The van der Waals surface area contributed by atoms with Crippen molar-refractivity contribution in [2.45, 2.75) is 0 Å². The molecule has 0 rings (SSSR count). The minimum absolute atomic E-state index is 0. The fraction of sp³-hybridized carbons (Fsp3) is 0. The third kappa shape index (κ3) is 211. The molecule has 7 nitrogen and oxygen atoms in total. The molecule has 0 aromatic heterocycles. The van der Waals surface area contributed by atoms with Gasteiger partial charge in [-0.2, -0.15) is 4.21 Å². The molecule has 0 heterocycles. The average molecular weight is 266 g/mol. The standard InChI is InChI=1S/K.Mn.Na.H2O3S.H2O.3O.2H/c;;;1-4(2)3;;;;;;/h;;;(H2,1,2,3);1H2;;;;;/q;+1;;;;;;;;/p-1. The Morgan fingerprint density at radius 2 is 1.09 bits per heavy atom. The second-order valence-electron chi connectivity index (χ2n) is 0.627. The molecule has 11 heteroatoms. The zero-order valence-corrected chi connectivity index (χ0v) is 5.76. The third-order valence-electron chi connectivity index (χ3n) is 0. The van der Waals surface area contributed by atoms with Crippen molar-refractivity contribution in [3.63, 3.8) is 0 Å². The predicted octanol–water partition coefficient (Wildman–Crippen LogP) is -2.53. The minimum atomic E-state index is -5.38. The van der Waals surface area contributed by atoms with Crippen LogP contribution in [0, 0.1) is 0 Å². The van der Waals surface area contributed by atoms with Gasteiger partial charge in [0, 0.05) is 0 Å². The molecule has 0 aliphatic carbocycles. The van der Waals surface area contributed by atoms with E-state index in [2.05, 4.69) is 0 Å². The molecule has 0 unspecified atom stereocenters. The predicted molar refractivity (Wildman–Crippen MR) is 32.0 cm³/mol. The van der Waals surface area contributed by atoms with E-state index in [1.807, 2.05) is 0 Å². The van der Waals surface area contributed by atoms with Crippen LogP contribution < -0.4 is 0 Å². The maximum atomic E-state index is 8.69. The van der Waals surface area contributed by atoms with Crippen LogP contribution >= 0.6 is 0 Å². The Bertz CT molecular complexity index is 204. The van der Waals surface area contributed by atoms with Crippen LogP contribution in [0.4, 0.5) is 0 Å². The van der Waals surface area contributed by atoms with Crippen molar-refractivity contribution >= 4 is 92.3 Å². The van der Waals surface area contributed by atoms with Gasteiger partial charge in [-0.3, -0.25) is 9.11 Å². The van der Waals surface area contributed by atoms with Crippen molar-refractivity contribution in [1.82, 2.24) is 0 Å². The van der Waals surface area contributed by atoms with Crippen molar-refractivity contribution in [2.75, 3.05) is 0 Å². The van der Waals surface area contributed by atoms with Gasteiger partial charge in [0.05, 0.1) is 0 Å². The Morgan fingerprint density at radius 3 is 1.09 bits per heavy atom. The normalized spacial score (nSPS) is 8.36. The Hall–Kier alpha value is 2.59. The van der Waals surface area contributed by atoms with Crippen molar-refractivity contribution in [3.05, 3.63) is 0 Å². The molecule has 0 fully saturated rings. The first-order chi connectivity index (χ1) is 3.73. The summed E-state index contributed by atoms with van der Waals surface area (Å²) >= 11 is -7.99. The molecule has 0 saturated carbocycles. The average Bonchev–Trinajstić information content (AvgIpc) is 1.19. The van der Waals surface area contributed by atoms with Gasteiger partial charge in [-0.05, 0) is 0 Å². The Labute approximate surface area is 131 Å². The van der Waals surface area contributed by atoms with Crippen molar-refractivity contribution in [1.29, 1.82) is 0 Å². The van der Waals surface area contributed by atoms with E-state index in [-0.39, 0.29) is 80.9 Å². The summed E-state index contributed by atoms with van der Waals surface area (Å²) in [4.78, 5) is 0. The van der Waals surface area contributed by atoms with Gasteiger partial charge in [-0.15, -0.1) is 0 Å². The Balaban J connectivity index is -0.0000000383. The van der Waals surface area contributed by atoms with E-state index in [1.165, 1.54) is 0 Å². The number of rotatable bonds is 0. The molecule has 0 aromatic carbocycles. The summed E-state index contributed by atoms with van der Waals surface area (Å²) in [7, 11) is 0. The second-order valence-corrected chi connectivity index (χ2v) is 2.32. The van der Waals surface area contributed by atoms with E-state index in [0.717, 1.165) is 0 Å². The van der Waals surface area contributed by atoms with Crippen LogP contribution in [0.1, 0.15) is 0 Å². The van der Waals surface area contributed by atoms with E-state index in [0.29, 0.717) is 0 Å². The maximum absolute atomic E-state index is 8.69. The molecule has 0 aliphatic rings. The molecule has 0 amide bonds. The van der Waals surface area contributed by atoms with Gasteiger partial charge >= 0.3 is 110 Å². The fourth-order valence-corrected chi connectivity index (χ4v) is 0. The van der Waals surface area contributed by atoms with Crippen molar-refractivity contribution in [2.24, 2.45) is 0 Å². The number of hydrogen-bond donors (Lipinski definition) is 3. The first-order valence-corrected chi connectivity index (χ1v) is 4.20. The summed E-state index contributed by atoms with van der Waals surface area (Å²) in [6, 6.07) is 0. The summed E-state index contributed by atoms with van der Waals surface area (Å²) in [5, 5.41) is 0. The van der Waals surface area contributed by atoms with Crippen LogP contribution in [-0.2, 0) is 35.8 Å². The molecular formula is H5KMnNaO7S. The SMILES string of the molecule is O=S(O)O.[KH].[NaH].[O]=[Mn](=[O])(=[O])[OH]. The second kappa shape index (κ2) is 12.6. The first kappa shape index (κ1) is 23.4. The van der Waals surface area contributed by atoms with Crippen LogP contribution in [-0.4, -0.2) is 98.4 Å². The van der Waals surface area contributed by atoms with Gasteiger partial charge < -0.3 is 0 Å². The van der Waals surface area contributed by atoms with Crippen LogP contribution in [0.5, 0.6) is 0 Å².